The van der Waals surface area contributed by atoms with Gasteiger partial charge in [-0.05, 0) is 6.92 Å². The molecular weight excluding hydrogens is 202 g/mol. The van der Waals surface area contributed by atoms with Crippen molar-refractivity contribution in [2.24, 2.45) is 4.99 Å². The van der Waals surface area contributed by atoms with Gasteiger partial charge in [0, 0.05) is 12.4 Å². The van der Waals surface area contributed by atoms with E-state index in [-0.39, 0.29) is 0 Å². The van der Waals surface area contributed by atoms with Crippen molar-refractivity contribution >= 4 is 28.7 Å². The average molecular weight is 213 g/mol. The first kappa shape index (κ1) is 10.6. The number of hydrogen-bond acceptors (Lipinski definition) is 6. The zero-order chi connectivity index (χ0) is 10.6. The van der Waals surface area contributed by atoms with Crippen LogP contribution in [-0.4, -0.2) is 24.2 Å². The Bertz CT molecular complexity index is 348. The summed E-state index contributed by atoms with van der Waals surface area (Å²) in [7, 11) is 1.51. The summed E-state index contributed by atoms with van der Waals surface area (Å²) >= 11 is 1.31. The highest BCUT2D eigenvalue weighted by molar-refractivity contribution is 7.13. The van der Waals surface area contributed by atoms with Gasteiger partial charge in [0.05, 0.1) is 5.69 Å². The molecule has 1 heterocycles. The summed E-state index contributed by atoms with van der Waals surface area (Å²) in [5.74, 6) is -0.480. The lowest BCUT2D eigenvalue weighted by molar-refractivity contribution is -0.139. The number of nitrogen functional groups attached to an aromatic ring is 1. The standard InChI is InChI=1S/C8H11N3O2S/c1-5(13-7(12)3-10-2)6-4-14-8(9)11-6/h3-5H,1-2H3,(H2,9,11). The molecule has 0 aliphatic rings. The van der Waals surface area contributed by atoms with Gasteiger partial charge in [-0.1, -0.05) is 0 Å². The fourth-order valence-electron chi connectivity index (χ4n) is 0.858. The fourth-order valence-corrected chi connectivity index (χ4v) is 1.50. The topological polar surface area (TPSA) is 77.6 Å². The van der Waals surface area contributed by atoms with Gasteiger partial charge in [-0.25, -0.2) is 9.78 Å². The first-order chi connectivity index (χ1) is 6.63. The van der Waals surface area contributed by atoms with E-state index in [4.69, 9.17) is 10.5 Å². The number of ether oxygens (including phenoxy) is 1. The number of thiazole rings is 1. The Morgan fingerprint density at radius 2 is 2.57 bits per heavy atom. The zero-order valence-corrected chi connectivity index (χ0v) is 8.75. The smallest absolute Gasteiger partial charge is 0.349 e. The molecule has 0 bridgehead atoms. The summed E-state index contributed by atoms with van der Waals surface area (Å²) < 4.78 is 4.99. The Morgan fingerprint density at radius 3 is 3.07 bits per heavy atom. The summed E-state index contributed by atoms with van der Waals surface area (Å²) in [6, 6.07) is 0. The molecule has 1 aromatic heterocycles. The van der Waals surface area contributed by atoms with Gasteiger partial charge in [0.2, 0.25) is 0 Å². The van der Waals surface area contributed by atoms with Crippen LogP contribution >= 0.6 is 11.3 Å². The van der Waals surface area contributed by atoms with E-state index in [2.05, 4.69) is 9.98 Å². The van der Waals surface area contributed by atoms with Crippen LogP contribution in [0.25, 0.3) is 0 Å². The first-order valence-corrected chi connectivity index (χ1v) is 4.85. The van der Waals surface area contributed by atoms with Crippen molar-refractivity contribution in [1.29, 1.82) is 0 Å². The monoisotopic (exact) mass is 213 g/mol. The third kappa shape index (κ3) is 2.81. The molecule has 1 atom stereocenters. The second-order valence-corrected chi connectivity index (χ2v) is 3.47. The van der Waals surface area contributed by atoms with Crippen molar-refractivity contribution in [2.75, 3.05) is 12.8 Å². The Morgan fingerprint density at radius 1 is 1.86 bits per heavy atom. The largest absolute Gasteiger partial charge is 0.452 e. The number of aromatic nitrogens is 1. The quantitative estimate of drug-likeness (QED) is 0.601. The molecular formula is C8H11N3O2S. The molecule has 1 aromatic rings. The summed E-state index contributed by atoms with van der Waals surface area (Å²) in [5, 5.41) is 2.23. The zero-order valence-electron chi connectivity index (χ0n) is 7.93. The number of carbonyl (C=O) groups is 1. The third-order valence-corrected chi connectivity index (χ3v) is 2.18. The number of nitrogens with two attached hydrogens (primary N) is 1. The molecule has 0 amide bonds. The minimum absolute atomic E-state index is 0.394. The number of aliphatic imine (C=N–C) groups is 1. The van der Waals surface area contributed by atoms with E-state index in [0.717, 1.165) is 6.21 Å². The minimum Gasteiger partial charge on any atom is -0.452 e. The molecule has 0 saturated carbocycles. The van der Waals surface area contributed by atoms with Crippen LogP contribution in [0.3, 0.4) is 0 Å². The lowest BCUT2D eigenvalue weighted by Crippen LogP contribution is -2.10. The SMILES string of the molecule is CN=CC(=O)OC(C)c1csc(N)n1. The van der Waals surface area contributed by atoms with E-state index in [0.29, 0.717) is 10.8 Å². The van der Waals surface area contributed by atoms with Crippen LogP contribution in [0.4, 0.5) is 5.13 Å². The molecule has 14 heavy (non-hydrogen) atoms. The van der Waals surface area contributed by atoms with Gasteiger partial charge in [0.1, 0.15) is 12.3 Å². The lowest BCUT2D eigenvalue weighted by atomic mass is 10.3. The van der Waals surface area contributed by atoms with E-state index in [1.165, 1.54) is 18.4 Å². The molecule has 1 unspecified atom stereocenters. The van der Waals surface area contributed by atoms with Crippen LogP contribution in [0.2, 0.25) is 0 Å². The molecule has 0 aliphatic carbocycles. The highest BCUT2D eigenvalue weighted by atomic mass is 32.1. The number of anilines is 1. The molecule has 1 rings (SSSR count). The molecule has 2 N–H and O–H groups in total. The van der Waals surface area contributed by atoms with E-state index in [1.807, 2.05) is 0 Å². The van der Waals surface area contributed by atoms with Crippen LogP contribution in [0.1, 0.15) is 18.7 Å². The predicted molar refractivity (Wildman–Crippen MR) is 55.4 cm³/mol. The molecule has 5 nitrogen and oxygen atoms in total. The Balaban J connectivity index is 2.58. The van der Waals surface area contributed by atoms with Gasteiger partial charge in [-0.3, -0.25) is 4.99 Å². The summed E-state index contributed by atoms with van der Waals surface area (Å²) in [6.45, 7) is 1.73. The second kappa shape index (κ2) is 4.71. The highest BCUT2D eigenvalue weighted by Crippen LogP contribution is 2.20. The summed E-state index contributed by atoms with van der Waals surface area (Å²) in [5.41, 5.74) is 6.10. The van der Waals surface area contributed by atoms with Gasteiger partial charge in [-0.15, -0.1) is 11.3 Å². The number of rotatable bonds is 3. The van der Waals surface area contributed by atoms with Crippen LogP contribution < -0.4 is 5.73 Å². The van der Waals surface area contributed by atoms with E-state index >= 15 is 0 Å². The van der Waals surface area contributed by atoms with Gasteiger partial charge in [0.15, 0.2) is 5.13 Å². The van der Waals surface area contributed by atoms with Crippen molar-refractivity contribution in [3.8, 4) is 0 Å². The molecule has 0 fully saturated rings. The lowest BCUT2D eigenvalue weighted by Gasteiger charge is -2.07. The predicted octanol–water partition coefficient (Wildman–Crippen LogP) is 1.03. The van der Waals surface area contributed by atoms with Crippen LogP contribution in [-0.2, 0) is 9.53 Å². The molecule has 0 aliphatic heterocycles. The van der Waals surface area contributed by atoms with Gasteiger partial charge >= 0.3 is 5.97 Å². The van der Waals surface area contributed by atoms with E-state index < -0.39 is 12.1 Å². The maximum atomic E-state index is 11.0. The number of esters is 1. The minimum atomic E-state index is -0.480. The normalized spacial score (nSPS) is 13.0. The Kier molecular flexibility index (Phi) is 3.58. The van der Waals surface area contributed by atoms with Crippen molar-refractivity contribution in [1.82, 2.24) is 4.98 Å². The fraction of sp³-hybridized carbons (Fsp3) is 0.375. The molecule has 76 valence electrons. The van der Waals surface area contributed by atoms with E-state index in [1.54, 1.807) is 12.3 Å². The Labute approximate surface area is 85.6 Å². The van der Waals surface area contributed by atoms with Crippen molar-refractivity contribution in [2.45, 2.75) is 13.0 Å². The summed E-state index contributed by atoms with van der Waals surface area (Å²) in [4.78, 5) is 18.6. The van der Waals surface area contributed by atoms with Crippen LogP contribution in [0.5, 0.6) is 0 Å². The number of hydrogen-bond donors (Lipinski definition) is 1. The maximum Gasteiger partial charge on any atom is 0.349 e. The van der Waals surface area contributed by atoms with Gasteiger partial charge in [-0.2, -0.15) is 0 Å². The van der Waals surface area contributed by atoms with Crippen LogP contribution in [0, 0.1) is 0 Å². The van der Waals surface area contributed by atoms with Crippen molar-refractivity contribution in [3.63, 3.8) is 0 Å². The molecule has 6 heteroatoms. The van der Waals surface area contributed by atoms with Crippen molar-refractivity contribution < 1.29 is 9.53 Å². The third-order valence-electron chi connectivity index (χ3n) is 1.48. The first-order valence-electron chi connectivity index (χ1n) is 3.97. The second-order valence-electron chi connectivity index (χ2n) is 2.58. The van der Waals surface area contributed by atoms with Gasteiger partial charge < -0.3 is 10.5 Å². The molecule has 0 aromatic carbocycles. The Hall–Kier alpha value is -1.43. The highest BCUT2D eigenvalue weighted by Gasteiger charge is 2.12. The maximum absolute atomic E-state index is 11.0. The molecule has 0 saturated heterocycles. The number of carbonyl (C=O) groups excluding carboxylic acids is 1. The van der Waals surface area contributed by atoms with Crippen LogP contribution in [0.15, 0.2) is 10.4 Å². The van der Waals surface area contributed by atoms with E-state index in [9.17, 15) is 4.79 Å². The molecule has 0 spiro atoms. The molecule has 0 radical (unpaired) electrons. The van der Waals surface area contributed by atoms with Gasteiger partial charge in [0.25, 0.3) is 0 Å². The van der Waals surface area contributed by atoms with Crippen molar-refractivity contribution in [3.05, 3.63) is 11.1 Å². The summed E-state index contributed by atoms with van der Waals surface area (Å²) in [6.07, 6.45) is 0.723. The number of nitrogens with zero attached hydrogens (tertiary/aromatic N) is 2. The average Bonchev–Trinajstić information content (AvgIpc) is 2.52.